The smallest absolute Gasteiger partial charge is 0.119 e. The van der Waals surface area contributed by atoms with Gasteiger partial charge >= 0.3 is 0 Å². The van der Waals surface area contributed by atoms with Gasteiger partial charge in [-0.25, -0.2) is 0 Å². The predicted octanol–water partition coefficient (Wildman–Crippen LogP) is 4.14. The Hall–Kier alpha value is -1.58. The maximum Gasteiger partial charge on any atom is 0.119 e. The molecule has 0 fully saturated rings. The van der Waals surface area contributed by atoms with Gasteiger partial charge in [-0.05, 0) is 36.4 Å². The summed E-state index contributed by atoms with van der Waals surface area (Å²) in [5.74, 6) is 0.818. The van der Waals surface area contributed by atoms with Crippen LogP contribution >= 0.6 is 23.8 Å². The number of hydrogen-bond acceptors (Lipinski definition) is 2. The molecule has 0 unspecified atom stereocenters. The van der Waals surface area contributed by atoms with E-state index in [-0.39, 0.29) is 0 Å². The third kappa shape index (κ3) is 3.22. The highest BCUT2D eigenvalue weighted by Crippen LogP contribution is 2.17. The van der Waals surface area contributed by atoms with E-state index in [0.29, 0.717) is 10.0 Å². The predicted molar refractivity (Wildman–Crippen MR) is 79.8 cm³/mol. The molecular formula is C14H12ClNOS. The molecule has 0 aliphatic heterocycles. The highest BCUT2D eigenvalue weighted by atomic mass is 35.5. The van der Waals surface area contributed by atoms with Gasteiger partial charge in [0.1, 0.15) is 10.7 Å². The van der Waals surface area contributed by atoms with Crippen molar-refractivity contribution in [2.24, 2.45) is 0 Å². The first-order valence-corrected chi connectivity index (χ1v) is 6.18. The first-order chi connectivity index (χ1) is 8.69. The molecule has 0 heterocycles. The number of rotatable bonds is 3. The van der Waals surface area contributed by atoms with Crippen molar-refractivity contribution < 1.29 is 4.74 Å². The van der Waals surface area contributed by atoms with Gasteiger partial charge in [-0.3, -0.25) is 0 Å². The molecular weight excluding hydrogens is 266 g/mol. The van der Waals surface area contributed by atoms with Gasteiger partial charge in [0.2, 0.25) is 0 Å². The fraction of sp³-hybridized carbons (Fsp3) is 0.0714. The van der Waals surface area contributed by atoms with Gasteiger partial charge in [0.05, 0.1) is 7.11 Å². The molecule has 0 amide bonds. The second-order valence-electron chi connectivity index (χ2n) is 3.69. The molecule has 2 aromatic rings. The quantitative estimate of drug-likeness (QED) is 0.852. The first kappa shape index (κ1) is 12.9. The van der Waals surface area contributed by atoms with Gasteiger partial charge in [0.15, 0.2) is 0 Å². The Labute approximate surface area is 117 Å². The molecule has 0 radical (unpaired) electrons. The topological polar surface area (TPSA) is 21.3 Å². The maximum atomic E-state index is 5.83. The molecule has 0 spiro atoms. The fourth-order valence-corrected chi connectivity index (χ4v) is 1.86. The van der Waals surface area contributed by atoms with Crippen LogP contribution in [0.25, 0.3) is 0 Å². The van der Waals surface area contributed by atoms with E-state index in [1.807, 2.05) is 48.5 Å². The van der Waals surface area contributed by atoms with E-state index in [1.54, 1.807) is 7.11 Å². The molecule has 92 valence electrons. The molecule has 0 saturated carbocycles. The van der Waals surface area contributed by atoms with Gasteiger partial charge < -0.3 is 10.1 Å². The SMILES string of the molecule is COc1ccc(NC(=S)c2ccc(Cl)cc2)cc1. The summed E-state index contributed by atoms with van der Waals surface area (Å²) in [6.45, 7) is 0. The van der Waals surface area contributed by atoms with Crippen LogP contribution in [0.1, 0.15) is 5.56 Å². The Balaban J connectivity index is 2.08. The number of benzene rings is 2. The van der Waals surface area contributed by atoms with E-state index in [9.17, 15) is 0 Å². The van der Waals surface area contributed by atoms with Crippen molar-refractivity contribution in [2.75, 3.05) is 12.4 Å². The van der Waals surface area contributed by atoms with Crippen LogP contribution in [-0.4, -0.2) is 12.1 Å². The van der Waals surface area contributed by atoms with E-state index >= 15 is 0 Å². The lowest BCUT2D eigenvalue weighted by Gasteiger charge is -2.08. The summed E-state index contributed by atoms with van der Waals surface area (Å²) in [5.41, 5.74) is 1.86. The summed E-state index contributed by atoms with van der Waals surface area (Å²) >= 11 is 11.2. The molecule has 0 aliphatic carbocycles. The minimum absolute atomic E-state index is 0.664. The van der Waals surface area contributed by atoms with Gasteiger partial charge in [-0.1, -0.05) is 36.0 Å². The molecule has 2 aromatic carbocycles. The lowest BCUT2D eigenvalue weighted by atomic mass is 10.2. The van der Waals surface area contributed by atoms with Crippen molar-refractivity contribution in [3.8, 4) is 5.75 Å². The number of halogens is 1. The zero-order chi connectivity index (χ0) is 13.0. The highest BCUT2D eigenvalue weighted by Gasteiger charge is 2.01. The minimum atomic E-state index is 0.664. The lowest BCUT2D eigenvalue weighted by Crippen LogP contribution is -2.10. The summed E-state index contributed by atoms with van der Waals surface area (Å²) < 4.78 is 5.10. The summed E-state index contributed by atoms with van der Waals surface area (Å²) in [6, 6.07) is 15.0. The highest BCUT2D eigenvalue weighted by molar-refractivity contribution is 7.81. The molecule has 0 saturated heterocycles. The number of ether oxygens (including phenoxy) is 1. The molecule has 1 N–H and O–H groups in total. The molecule has 2 rings (SSSR count). The Morgan fingerprint density at radius 1 is 1.06 bits per heavy atom. The van der Waals surface area contributed by atoms with Gasteiger partial charge in [0, 0.05) is 16.3 Å². The van der Waals surface area contributed by atoms with Crippen LogP contribution in [0.4, 0.5) is 5.69 Å². The van der Waals surface area contributed by atoms with Crippen molar-refractivity contribution in [3.63, 3.8) is 0 Å². The second-order valence-corrected chi connectivity index (χ2v) is 4.53. The van der Waals surface area contributed by atoms with Crippen LogP contribution in [0.5, 0.6) is 5.75 Å². The zero-order valence-corrected chi connectivity index (χ0v) is 11.4. The van der Waals surface area contributed by atoms with Gasteiger partial charge in [-0.2, -0.15) is 0 Å². The fourth-order valence-electron chi connectivity index (χ4n) is 1.48. The lowest BCUT2D eigenvalue weighted by molar-refractivity contribution is 0.415. The number of anilines is 1. The van der Waals surface area contributed by atoms with E-state index in [1.165, 1.54) is 0 Å². The van der Waals surface area contributed by atoms with Crippen molar-refractivity contribution in [3.05, 3.63) is 59.1 Å². The van der Waals surface area contributed by atoms with E-state index in [2.05, 4.69) is 5.32 Å². The number of nitrogens with one attached hydrogen (secondary N) is 1. The van der Waals surface area contributed by atoms with Gasteiger partial charge in [-0.15, -0.1) is 0 Å². The van der Waals surface area contributed by atoms with Crippen LogP contribution in [0, 0.1) is 0 Å². The van der Waals surface area contributed by atoms with Crippen LogP contribution in [0.3, 0.4) is 0 Å². The molecule has 0 aromatic heterocycles. The average molecular weight is 278 g/mol. The Morgan fingerprint density at radius 3 is 2.22 bits per heavy atom. The number of methoxy groups -OCH3 is 1. The summed E-state index contributed by atoms with van der Waals surface area (Å²) in [6.07, 6.45) is 0. The Morgan fingerprint density at radius 2 is 1.67 bits per heavy atom. The van der Waals surface area contributed by atoms with Crippen molar-refractivity contribution >= 4 is 34.5 Å². The third-order valence-corrected chi connectivity index (χ3v) is 3.04. The van der Waals surface area contributed by atoms with Crippen LogP contribution in [0.2, 0.25) is 5.02 Å². The van der Waals surface area contributed by atoms with Crippen LogP contribution in [0.15, 0.2) is 48.5 Å². The molecule has 0 aliphatic rings. The van der Waals surface area contributed by atoms with E-state index < -0.39 is 0 Å². The van der Waals surface area contributed by atoms with Gasteiger partial charge in [0.25, 0.3) is 0 Å². The maximum absolute atomic E-state index is 5.83. The summed E-state index contributed by atoms with van der Waals surface area (Å²) in [7, 11) is 1.64. The molecule has 4 heteroatoms. The van der Waals surface area contributed by atoms with Crippen molar-refractivity contribution in [1.29, 1.82) is 0 Å². The largest absolute Gasteiger partial charge is 0.497 e. The first-order valence-electron chi connectivity index (χ1n) is 5.40. The van der Waals surface area contributed by atoms with Crippen LogP contribution < -0.4 is 10.1 Å². The Kier molecular flexibility index (Phi) is 4.18. The van der Waals surface area contributed by atoms with Crippen LogP contribution in [-0.2, 0) is 0 Å². The number of thiocarbonyl (C=S) groups is 1. The summed E-state index contributed by atoms with van der Waals surface area (Å²) in [4.78, 5) is 0.664. The van der Waals surface area contributed by atoms with E-state index in [4.69, 9.17) is 28.6 Å². The normalized spacial score (nSPS) is 9.89. The number of hydrogen-bond donors (Lipinski definition) is 1. The Bertz CT molecular complexity index is 537. The molecule has 0 bridgehead atoms. The third-order valence-electron chi connectivity index (χ3n) is 2.45. The summed E-state index contributed by atoms with van der Waals surface area (Å²) in [5, 5.41) is 3.86. The van der Waals surface area contributed by atoms with Crippen molar-refractivity contribution in [1.82, 2.24) is 0 Å². The average Bonchev–Trinajstić information content (AvgIpc) is 2.40. The monoisotopic (exact) mass is 277 g/mol. The minimum Gasteiger partial charge on any atom is -0.497 e. The second kappa shape index (κ2) is 5.85. The van der Waals surface area contributed by atoms with E-state index in [0.717, 1.165) is 17.0 Å². The van der Waals surface area contributed by atoms with Crippen molar-refractivity contribution in [2.45, 2.75) is 0 Å². The molecule has 2 nitrogen and oxygen atoms in total. The molecule has 0 atom stereocenters. The molecule has 18 heavy (non-hydrogen) atoms. The standard InChI is InChI=1S/C14H12ClNOS/c1-17-13-8-6-12(7-9-13)16-14(18)10-2-4-11(15)5-3-10/h2-9H,1H3,(H,16,18). The zero-order valence-electron chi connectivity index (χ0n) is 9.81.